The summed E-state index contributed by atoms with van der Waals surface area (Å²) in [5.74, 6) is 2.06. The average molecular weight is 698 g/mol. The van der Waals surface area contributed by atoms with Crippen LogP contribution in [0.1, 0.15) is 28.2 Å². The number of benzene rings is 4. The van der Waals surface area contributed by atoms with Crippen LogP contribution in [-0.2, 0) is 6.18 Å². The molecule has 0 fully saturated rings. The number of alkyl halides is 3. The summed E-state index contributed by atoms with van der Waals surface area (Å²) in [6.45, 7) is 0. The zero-order valence-electron chi connectivity index (χ0n) is 25.4. The Balaban J connectivity index is 0.000000644. The van der Waals surface area contributed by atoms with Crippen molar-refractivity contribution < 1.29 is 66.9 Å². The number of halogens is 9. The van der Waals surface area contributed by atoms with Gasteiger partial charge in [-0.05, 0) is 36.4 Å². The summed E-state index contributed by atoms with van der Waals surface area (Å²) in [5.41, 5.74) is 3.11. The van der Waals surface area contributed by atoms with Gasteiger partial charge in [0.2, 0.25) is 0 Å². The van der Waals surface area contributed by atoms with Gasteiger partial charge in [-0.15, -0.1) is 0 Å². The van der Waals surface area contributed by atoms with Gasteiger partial charge in [-0.1, -0.05) is 18.2 Å². The monoisotopic (exact) mass is 697 g/mol. The molecule has 0 saturated carbocycles. The Morgan fingerprint density at radius 2 is 0.872 bits per heavy atom. The third-order valence-corrected chi connectivity index (χ3v) is 7.24. The quantitative estimate of drug-likeness (QED) is 0.136. The van der Waals surface area contributed by atoms with Crippen LogP contribution in [0, 0.1) is 0 Å². The van der Waals surface area contributed by atoms with E-state index in [1.165, 1.54) is 13.2 Å². The minimum atomic E-state index is -10.7. The Morgan fingerprint density at radius 3 is 1.23 bits per heavy atom. The van der Waals surface area contributed by atoms with Crippen LogP contribution in [0.15, 0.2) is 72.8 Å². The molecule has 0 unspecified atom stereocenters. The first-order chi connectivity index (χ1) is 21.7. The number of methoxy groups -OCH3 is 5. The maximum atomic E-state index is 13.9. The maximum absolute atomic E-state index is 13.9. The van der Waals surface area contributed by atoms with Crippen molar-refractivity contribution in [3.8, 4) is 28.7 Å². The van der Waals surface area contributed by atoms with Crippen molar-refractivity contribution in [2.24, 2.45) is 0 Å². The first kappa shape index (κ1) is 35.5. The summed E-state index contributed by atoms with van der Waals surface area (Å²) in [7, 11) is -2.92. The van der Waals surface area contributed by atoms with Gasteiger partial charge < -0.3 is 23.7 Å². The van der Waals surface area contributed by atoms with Crippen LogP contribution in [0.25, 0.3) is 0 Å². The Bertz CT molecular complexity index is 1690. The van der Waals surface area contributed by atoms with E-state index < -0.39 is 25.5 Å². The van der Waals surface area contributed by atoms with Gasteiger partial charge in [0.25, 0.3) is 0 Å². The van der Waals surface area contributed by atoms with Crippen LogP contribution >= 0.6 is 7.81 Å². The molecule has 0 radical (unpaired) electrons. The predicted molar refractivity (Wildman–Crippen MR) is 158 cm³/mol. The molecule has 0 aromatic heterocycles. The Morgan fingerprint density at radius 1 is 0.511 bits per heavy atom. The van der Waals surface area contributed by atoms with Gasteiger partial charge in [-0.25, -0.2) is 4.90 Å². The van der Waals surface area contributed by atoms with Crippen LogP contribution in [0.2, 0.25) is 0 Å². The van der Waals surface area contributed by atoms with E-state index >= 15 is 0 Å². The van der Waals surface area contributed by atoms with Crippen LogP contribution in [-0.4, -0.2) is 35.5 Å². The van der Waals surface area contributed by atoms with Gasteiger partial charge in [0.15, 0.2) is 11.4 Å². The molecule has 5 rings (SSSR count). The molecule has 0 bridgehead atoms. The first-order valence-electron chi connectivity index (χ1n) is 13.5. The molecule has 256 valence electrons. The fourth-order valence-corrected chi connectivity index (χ4v) is 5.59. The molecular formula is C31H29F9NO5P. The summed E-state index contributed by atoms with van der Waals surface area (Å²) >= 11 is 0. The fraction of sp³-hybridized carbons (Fsp3) is 0.226. The second kappa shape index (κ2) is 12.0. The van der Waals surface area contributed by atoms with Gasteiger partial charge in [0.05, 0.1) is 58.2 Å². The second-order valence-electron chi connectivity index (χ2n) is 10.1. The van der Waals surface area contributed by atoms with Crippen molar-refractivity contribution in [2.75, 3.05) is 35.5 Å². The van der Waals surface area contributed by atoms with Gasteiger partial charge in [-0.3, -0.25) is 0 Å². The van der Waals surface area contributed by atoms with Crippen LogP contribution < -0.4 is 28.6 Å². The molecule has 4 aromatic carbocycles. The van der Waals surface area contributed by atoms with Gasteiger partial charge in [-0.2, -0.15) is 13.2 Å². The molecule has 0 spiro atoms. The first-order valence-corrected chi connectivity index (χ1v) is 15.5. The third kappa shape index (κ3) is 7.96. The van der Waals surface area contributed by atoms with Crippen molar-refractivity contribution >= 4 is 24.9 Å². The molecule has 1 aliphatic heterocycles. The predicted octanol–water partition coefficient (Wildman–Crippen LogP) is 9.80. The van der Waals surface area contributed by atoms with E-state index in [1.807, 2.05) is 54.6 Å². The van der Waals surface area contributed by atoms with Crippen LogP contribution in [0.3, 0.4) is 0 Å². The number of ether oxygens (including phenoxy) is 5. The molecule has 1 aliphatic rings. The number of fused-ring (bicyclic) bond motifs is 2. The summed E-state index contributed by atoms with van der Waals surface area (Å²) < 4.78 is 130. The Hall–Kier alpha value is -4.36. The van der Waals surface area contributed by atoms with E-state index in [-0.39, 0.29) is 0 Å². The molecule has 0 aliphatic carbocycles. The third-order valence-electron chi connectivity index (χ3n) is 7.24. The minimum absolute atomic E-state index is 0.298. The fourth-order valence-electron chi connectivity index (χ4n) is 5.59. The number of hydrogen-bond donors (Lipinski definition) is 1. The number of rotatable bonds is 7. The van der Waals surface area contributed by atoms with Crippen LogP contribution in [0.5, 0.6) is 28.7 Å². The molecule has 4 aromatic rings. The molecule has 47 heavy (non-hydrogen) atoms. The van der Waals surface area contributed by atoms with E-state index in [9.17, 15) is 38.4 Å². The molecule has 1 heterocycles. The van der Waals surface area contributed by atoms with E-state index in [0.29, 0.717) is 50.7 Å². The van der Waals surface area contributed by atoms with E-state index in [4.69, 9.17) is 23.7 Å². The molecule has 0 amide bonds. The van der Waals surface area contributed by atoms with Crippen molar-refractivity contribution in [2.45, 2.75) is 12.1 Å². The molecular weight excluding hydrogens is 668 g/mol. The van der Waals surface area contributed by atoms with E-state index in [2.05, 4.69) is 0 Å². The van der Waals surface area contributed by atoms with E-state index in [1.54, 1.807) is 28.4 Å². The average Bonchev–Trinajstić information content (AvgIpc) is 3.00. The molecule has 1 N–H and O–H groups in total. The number of nitrogens with one attached hydrogen (secondary N) is 1. The standard InChI is InChI=1S/C31H28F3NO5.F6P/c1-36-22-16-15-18(31(32,33)34)17-21(22)35-19-9-6-11-23(37-2)27(19)30(28-20(35)10-7-12-24(28)38-3)29-25(39-4)13-8-14-26(29)40-5;1-7(2,3,4,5)6/h6-17,30H,1-5H3;/q;-1/p+1. The zero-order chi connectivity index (χ0) is 35.0. The molecule has 16 heteroatoms. The van der Waals surface area contributed by atoms with Gasteiger partial charge >= 0.3 is 39.2 Å². The van der Waals surface area contributed by atoms with Gasteiger partial charge in [0.1, 0.15) is 34.4 Å². The van der Waals surface area contributed by atoms with Gasteiger partial charge in [0, 0.05) is 23.8 Å². The van der Waals surface area contributed by atoms with Crippen molar-refractivity contribution in [1.82, 2.24) is 0 Å². The molecule has 0 atom stereocenters. The summed E-state index contributed by atoms with van der Waals surface area (Å²) in [6.07, 6.45) is -4.54. The summed E-state index contributed by atoms with van der Waals surface area (Å²) in [5, 5.41) is 0. The van der Waals surface area contributed by atoms with Crippen LogP contribution in [0.4, 0.5) is 55.4 Å². The Kier molecular flexibility index (Phi) is 9.08. The normalized spacial score (nSPS) is 17.1. The van der Waals surface area contributed by atoms with Crippen molar-refractivity contribution in [3.05, 3.63) is 95.1 Å². The summed E-state index contributed by atoms with van der Waals surface area (Å²) in [6, 6.07) is 20.1. The molecule has 0 saturated heterocycles. The Labute approximate surface area is 263 Å². The van der Waals surface area contributed by atoms with Crippen molar-refractivity contribution in [3.63, 3.8) is 0 Å². The number of quaternary nitrogens is 1. The van der Waals surface area contributed by atoms with Crippen molar-refractivity contribution in [1.29, 1.82) is 0 Å². The molecule has 6 nitrogen and oxygen atoms in total. The zero-order valence-corrected chi connectivity index (χ0v) is 26.3. The summed E-state index contributed by atoms with van der Waals surface area (Å²) in [4.78, 5) is 0.566. The number of hydrogen-bond acceptors (Lipinski definition) is 5. The SMILES string of the molecule is COc1ccc(C(F)(F)F)cc1[NH+]1c2cccc(OC)c2C(c2c(OC)cccc2OC)c2c(OC)cccc21.F[P-](F)(F)(F)(F)F. The second-order valence-corrected chi connectivity index (χ2v) is 12.0. The van der Waals surface area contributed by atoms with E-state index in [0.717, 1.165) is 28.8 Å². The topological polar surface area (TPSA) is 50.6 Å².